The van der Waals surface area contributed by atoms with Gasteiger partial charge in [-0.3, -0.25) is 9.69 Å². The zero-order valence-corrected chi connectivity index (χ0v) is 23.1. The summed E-state index contributed by atoms with van der Waals surface area (Å²) in [6.45, 7) is 8.10. The van der Waals surface area contributed by atoms with Gasteiger partial charge in [0.2, 0.25) is 6.79 Å². The maximum absolute atomic E-state index is 13.7. The van der Waals surface area contributed by atoms with Gasteiger partial charge in [-0.15, -0.1) is 5.10 Å². The number of rotatable bonds is 6. The molecule has 1 N–H and O–H groups in total. The van der Waals surface area contributed by atoms with Gasteiger partial charge in [0.15, 0.2) is 17.3 Å². The molecule has 0 aliphatic carbocycles. The minimum Gasteiger partial charge on any atom is -0.454 e. The van der Waals surface area contributed by atoms with Crippen LogP contribution in [0.2, 0.25) is 0 Å². The van der Waals surface area contributed by atoms with E-state index in [0.717, 1.165) is 37.1 Å². The van der Waals surface area contributed by atoms with Gasteiger partial charge in [0.05, 0.1) is 12.1 Å². The number of aromatic amines is 1. The number of benzene rings is 3. The fourth-order valence-electron chi connectivity index (χ4n) is 5.87. The molecule has 0 amide bonds. The summed E-state index contributed by atoms with van der Waals surface area (Å²) in [4.78, 5) is 21.5. The summed E-state index contributed by atoms with van der Waals surface area (Å²) in [5.74, 6) is 1.94. The van der Waals surface area contributed by atoms with Crippen LogP contribution in [0.15, 0.2) is 71.5 Å². The average Bonchev–Trinajstić information content (AvgIpc) is 3.64. The van der Waals surface area contributed by atoms with Crippen LogP contribution < -0.4 is 19.9 Å². The van der Waals surface area contributed by atoms with Crippen molar-refractivity contribution in [2.45, 2.75) is 26.4 Å². The first-order valence-electron chi connectivity index (χ1n) is 13.9. The van der Waals surface area contributed by atoms with Crippen molar-refractivity contribution in [2.24, 2.45) is 0 Å². The molecule has 10 nitrogen and oxygen atoms in total. The molecule has 1 saturated heterocycles. The largest absolute Gasteiger partial charge is 0.454 e. The molecule has 0 saturated carbocycles. The molecule has 3 aromatic carbocycles. The van der Waals surface area contributed by atoms with Crippen LogP contribution in [0.4, 0.5) is 5.69 Å². The number of nitrogens with one attached hydrogen (secondary N) is 1. The normalized spacial score (nSPS) is 15.9. The number of anilines is 1. The highest BCUT2D eigenvalue weighted by atomic mass is 16.7. The van der Waals surface area contributed by atoms with Gasteiger partial charge in [0.1, 0.15) is 6.04 Å². The van der Waals surface area contributed by atoms with Crippen LogP contribution in [0.5, 0.6) is 11.5 Å². The van der Waals surface area contributed by atoms with Crippen LogP contribution in [0.1, 0.15) is 34.1 Å². The second-order valence-corrected chi connectivity index (χ2v) is 10.7. The number of pyridine rings is 1. The lowest BCUT2D eigenvalue weighted by molar-refractivity contribution is 0.174. The van der Waals surface area contributed by atoms with E-state index in [1.54, 1.807) is 4.68 Å². The van der Waals surface area contributed by atoms with Crippen molar-refractivity contribution in [3.05, 3.63) is 105 Å². The van der Waals surface area contributed by atoms with Gasteiger partial charge in [-0.05, 0) is 59.2 Å². The lowest BCUT2D eigenvalue weighted by Crippen LogP contribution is -2.49. The number of aromatic nitrogens is 5. The highest BCUT2D eigenvalue weighted by Crippen LogP contribution is 2.36. The molecule has 0 spiro atoms. The summed E-state index contributed by atoms with van der Waals surface area (Å²) in [5.41, 5.74) is 5.97. The smallest absolute Gasteiger partial charge is 0.253 e. The van der Waals surface area contributed by atoms with E-state index in [1.165, 1.54) is 16.8 Å². The highest BCUT2D eigenvalue weighted by Gasteiger charge is 2.33. The van der Waals surface area contributed by atoms with Gasteiger partial charge in [-0.2, -0.15) is 0 Å². The van der Waals surface area contributed by atoms with Gasteiger partial charge < -0.3 is 19.4 Å². The second-order valence-electron chi connectivity index (χ2n) is 10.7. The minimum absolute atomic E-state index is 0.171. The zero-order chi connectivity index (χ0) is 27.9. The van der Waals surface area contributed by atoms with Crippen LogP contribution in [0, 0.1) is 13.8 Å². The number of fused-ring (bicyclic) bond motifs is 2. The molecule has 2 aliphatic rings. The Kier molecular flexibility index (Phi) is 6.39. The fraction of sp³-hybridized carbons (Fsp3) is 0.290. The summed E-state index contributed by atoms with van der Waals surface area (Å²) in [7, 11) is 0. The summed E-state index contributed by atoms with van der Waals surface area (Å²) < 4.78 is 12.9. The molecular weight excluding hydrogens is 518 g/mol. The fourth-order valence-corrected chi connectivity index (χ4v) is 5.87. The minimum atomic E-state index is -0.437. The monoisotopic (exact) mass is 549 g/mol. The van der Waals surface area contributed by atoms with E-state index in [-0.39, 0.29) is 12.4 Å². The van der Waals surface area contributed by atoms with E-state index in [1.807, 2.05) is 36.4 Å². The molecule has 41 heavy (non-hydrogen) atoms. The second kappa shape index (κ2) is 10.4. The van der Waals surface area contributed by atoms with Crippen molar-refractivity contribution in [3.63, 3.8) is 0 Å². The third-order valence-electron chi connectivity index (χ3n) is 8.02. The van der Waals surface area contributed by atoms with E-state index >= 15 is 0 Å². The van der Waals surface area contributed by atoms with Gasteiger partial charge in [-0.1, -0.05) is 42.5 Å². The number of ether oxygens (including phenoxy) is 2. The molecular formula is C31H31N7O3. The molecule has 5 aromatic rings. The van der Waals surface area contributed by atoms with Crippen LogP contribution in [0.3, 0.4) is 0 Å². The first kappa shape index (κ1) is 25.3. The predicted molar refractivity (Wildman–Crippen MR) is 156 cm³/mol. The summed E-state index contributed by atoms with van der Waals surface area (Å²) in [6, 6.07) is 21.9. The molecule has 1 atom stereocenters. The Bertz CT molecular complexity index is 1770. The number of hydrogen-bond donors (Lipinski definition) is 1. The zero-order valence-electron chi connectivity index (χ0n) is 23.1. The first-order chi connectivity index (χ1) is 20.0. The highest BCUT2D eigenvalue weighted by molar-refractivity contribution is 5.83. The molecule has 7 rings (SSSR count). The number of aryl methyl sites for hydroxylation is 2. The molecule has 4 heterocycles. The van der Waals surface area contributed by atoms with Crippen LogP contribution in [0.25, 0.3) is 10.9 Å². The Labute approximate surface area is 237 Å². The molecule has 10 heteroatoms. The van der Waals surface area contributed by atoms with Crippen molar-refractivity contribution in [2.75, 3.05) is 37.9 Å². The Morgan fingerprint density at radius 1 is 0.927 bits per heavy atom. The van der Waals surface area contributed by atoms with E-state index in [2.05, 4.69) is 74.5 Å². The number of hydrogen-bond acceptors (Lipinski definition) is 8. The van der Waals surface area contributed by atoms with Crippen molar-refractivity contribution in [1.29, 1.82) is 0 Å². The van der Waals surface area contributed by atoms with E-state index < -0.39 is 6.04 Å². The van der Waals surface area contributed by atoms with Crippen LogP contribution >= 0.6 is 0 Å². The SMILES string of the molecule is Cc1ccc(C)c(N2CCN([C@@H](c3cc4cc5c(cc4[nH]c3=O)OCO5)c3nnnn3Cc3ccccc3)CC2)c1. The molecule has 2 aliphatic heterocycles. The number of H-pyrrole nitrogens is 1. The third-order valence-corrected chi connectivity index (χ3v) is 8.02. The molecule has 208 valence electrons. The molecule has 0 bridgehead atoms. The first-order valence-corrected chi connectivity index (χ1v) is 13.9. The maximum atomic E-state index is 13.7. The molecule has 0 unspecified atom stereocenters. The molecule has 2 aromatic heterocycles. The Balaban J connectivity index is 1.28. The topological polar surface area (TPSA) is 101 Å². The van der Waals surface area contributed by atoms with Crippen molar-refractivity contribution in [3.8, 4) is 11.5 Å². The van der Waals surface area contributed by atoms with E-state index in [9.17, 15) is 4.79 Å². The van der Waals surface area contributed by atoms with Gasteiger partial charge in [-0.25, -0.2) is 4.68 Å². The maximum Gasteiger partial charge on any atom is 0.253 e. The van der Waals surface area contributed by atoms with Crippen molar-refractivity contribution in [1.82, 2.24) is 30.1 Å². The number of nitrogens with zero attached hydrogens (tertiary/aromatic N) is 6. The molecule has 1 fully saturated rings. The lowest BCUT2D eigenvalue weighted by atomic mass is 10.0. The lowest BCUT2D eigenvalue weighted by Gasteiger charge is -2.40. The average molecular weight is 550 g/mol. The third kappa shape index (κ3) is 4.80. The van der Waals surface area contributed by atoms with Crippen LogP contribution in [-0.4, -0.2) is 63.1 Å². The number of tetrazole rings is 1. The van der Waals surface area contributed by atoms with Gasteiger partial charge >= 0.3 is 0 Å². The van der Waals surface area contributed by atoms with Crippen LogP contribution in [-0.2, 0) is 6.54 Å². The van der Waals surface area contributed by atoms with Gasteiger partial charge in [0.25, 0.3) is 5.56 Å². The Hall–Kier alpha value is -4.70. The van der Waals surface area contributed by atoms with Gasteiger partial charge in [0, 0.05) is 48.9 Å². The van der Waals surface area contributed by atoms with E-state index in [0.29, 0.717) is 34.9 Å². The molecule has 0 radical (unpaired) electrons. The summed E-state index contributed by atoms with van der Waals surface area (Å²) >= 11 is 0. The van der Waals surface area contributed by atoms with Crippen molar-refractivity contribution < 1.29 is 9.47 Å². The summed E-state index contributed by atoms with van der Waals surface area (Å²) in [5, 5.41) is 13.8. The summed E-state index contributed by atoms with van der Waals surface area (Å²) in [6.07, 6.45) is 0. The van der Waals surface area contributed by atoms with Crippen molar-refractivity contribution >= 4 is 16.6 Å². The Morgan fingerprint density at radius 2 is 1.71 bits per heavy atom. The van der Waals surface area contributed by atoms with E-state index in [4.69, 9.17) is 9.47 Å². The number of piperazine rings is 1. The predicted octanol–water partition coefficient (Wildman–Crippen LogP) is 3.82. The quantitative estimate of drug-likeness (QED) is 0.341. The Morgan fingerprint density at radius 3 is 2.51 bits per heavy atom. The standard InChI is InChI=1S/C31H31N7O3/c1-20-8-9-21(2)26(14-20)36-10-12-37(13-11-36)29(30-33-34-35-38(30)18-22-6-4-3-5-7-22)24-15-23-16-27-28(41-19-40-27)17-25(23)32-31(24)39/h3-9,14-17,29H,10-13,18-19H2,1-2H3,(H,32,39)/t29-/m0/s1.